The largest absolute Gasteiger partial charge is 0.356 e. The summed E-state index contributed by atoms with van der Waals surface area (Å²) in [6.07, 6.45) is 8.80. The Kier molecular flexibility index (Phi) is 4.64. The van der Waals surface area contributed by atoms with Crippen LogP contribution in [0, 0.1) is 5.41 Å². The maximum atomic E-state index is 4.33. The van der Waals surface area contributed by atoms with E-state index in [-0.39, 0.29) is 0 Å². The number of aromatic nitrogens is 3. The van der Waals surface area contributed by atoms with Crippen LogP contribution in [0.5, 0.6) is 0 Å². The summed E-state index contributed by atoms with van der Waals surface area (Å²) in [6, 6.07) is 0. The molecule has 1 aliphatic carbocycles. The molecule has 6 nitrogen and oxygen atoms in total. The third kappa shape index (κ3) is 3.10. The quantitative estimate of drug-likeness (QED) is 0.643. The second-order valence-corrected chi connectivity index (χ2v) is 6.63. The second kappa shape index (κ2) is 6.67. The standard InChI is InChI=1S/C16H28N6/c1-3-16(8-6-9-16)12-19-15(17-2)18-11-14-21-20-13-7-4-5-10-22(13)14/h3-12H2,1-2H3,(H2,17,18,19). The van der Waals surface area contributed by atoms with E-state index >= 15 is 0 Å². The van der Waals surface area contributed by atoms with Gasteiger partial charge in [-0.3, -0.25) is 4.99 Å². The maximum absolute atomic E-state index is 4.33. The van der Waals surface area contributed by atoms with E-state index in [2.05, 4.69) is 37.3 Å². The van der Waals surface area contributed by atoms with Crippen LogP contribution >= 0.6 is 0 Å². The number of guanidine groups is 1. The van der Waals surface area contributed by atoms with Crippen LogP contribution in [0.15, 0.2) is 4.99 Å². The van der Waals surface area contributed by atoms with Crippen molar-refractivity contribution in [2.45, 2.75) is 65.0 Å². The van der Waals surface area contributed by atoms with Crippen LogP contribution in [-0.2, 0) is 19.5 Å². The van der Waals surface area contributed by atoms with Gasteiger partial charge in [0.15, 0.2) is 11.8 Å². The van der Waals surface area contributed by atoms with Gasteiger partial charge in [-0.05, 0) is 37.5 Å². The Bertz CT molecular complexity index is 523. The van der Waals surface area contributed by atoms with Gasteiger partial charge in [-0.2, -0.15) is 0 Å². The highest BCUT2D eigenvalue weighted by Crippen LogP contribution is 2.42. The normalized spacial score (nSPS) is 20.2. The van der Waals surface area contributed by atoms with Crippen molar-refractivity contribution in [3.05, 3.63) is 11.6 Å². The van der Waals surface area contributed by atoms with Crippen LogP contribution in [0.2, 0.25) is 0 Å². The van der Waals surface area contributed by atoms with Gasteiger partial charge < -0.3 is 15.2 Å². The highest BCUT2D eigenvalue weighted by molar-refractivity contribution is 5.79. The minimum Gasteiger partial charge on any atom is -0.356 e. The zero-order valence-corrected chi connectivity index (χ0v) is 13.9. The summed E-state index contributed by atoms with van der Waals surface area (Å²) in [5.41, 5.74) is 0.492. The van der Waals surface area contributed by atoms with E-state index in [1.165, 1.54) is 38.5 Å². The van der Waals surface area contributed by atoms with E-state index in [1.807, 2.05) is 7.05 Å². The molecular formula is C16H28N6. The number of hydrogen-bond donors (Lipinski definition) is 2. The van der Waals surface area contributed by atoms with Crippen molar-refractivity contribution in [3.8, 4) is 0 Å². The summed E-state index contributed by atoms with van der Waals surface area (Å²) >= 11 is 0. The fraction of sp³-hybridized carbons (Fsp3) is 0.812. The Morgan fingerprint density at radius 2 is 2.09 bits per heavy atom. The molecule has 6 heteroatoms. The Labute approximate surface area is 132 Å². The zero-order chi connectivity index (χ0) is 15.4. The lowest BCUT2D eigenvalue weighted by Gasteiger charge is -2.41. The van der Waals surface area contributed by atoms with E-state index in [0.29, 0.717) is 12.0 Å². The van der Waals surface area contributed by atoms with Gasteiger partial charge in [-0.15, -0.1) is 10.2 Å². The molecule has 2 heterocycles. The number of rotatable bonds is 5. The Hall–Kier alpha value is -1.59. The Balaban J connectivity index is 1.52. The first kappa shape index (κ1) is 15.3. The summed E-state index contributed by atoms with van der Waals surface area (Å²) < 4.78 is 2.25. The first-order valence-corrected chi connectivity index (χ1v) is 8.62. The summed E-state index contributed by atoms with van der Waals surface area (Å²) in [5.74, 6) is 3.02. The summed E-state index contributed by atoms with van der Waals surface area (Å²) in [5, 5.41) is 15.5. The van der Waals surface area contributed by atoms with E-state index in [1.54, 1.807) is 0 Å². The number of nitrogens with zero attached hydrogens (tertiary/aromatic N) is 4. The van der Waals surface area contributed by atoms with Crippen LogP contribution in [0.3, 0.4) is 0 Å². The maximum Gasteiger partial charge on any atom is 0.191 e. The first-order chi connectivity index (χ1) is 10.8. The van der Waals surface area contributed by atoms with Gasteiger partial charge in [0.1, 0.15) is 5.82 Å². The van der Waals surface area contributed by atoms with E-state index in [0.717, 1.165) is 37.1 Å². The average Bonchev–Trinajstić information content (AvgIpc) is 2.93. The lowest BCUT2D eigenvalue weighted by molar-refractivity contribution is 0.131. The number of hydrogen-bond acceptors (Lipinski definition) is 3. The van der Waals surface area contributed by atoms with Crippen molar-refractivity contribution in [1.82, 2.24) is 25.4 Å². The molecule has 0 spiro atoms. The van der Waals surface area contributed by atoms with Crippen LogP contribution in [0.4, 0.5) is 0 Å². The van der Waals surface area contributed by atoms with Crippen molar-refractivity contribution in [2.24, 2.45) is 10.4 Å². The number of fused-ring (bicyclic) bond motifs is 1. The summed E-state index contributed by atoms with van der Waals surface area (Å²) in [7, 11) is 1.83. The average molecular weight is 304 g/mol. The molecule has 122 valence electrons. The zero-order valence-electron chi connectivity index (χ0n) is 13.9. The Morgan fingerprint density at radius 3 is 2.77 bits per heavy atom. The summed E-state index contributed by atoms with van der Waals surface area (Å²) in [6.45, 7) is 5.04. The first-order valence-electron chi connectivity index (χ1n) is 8.62. The molecule has 1 saturated carbocycles. The van der Waals surface area contributed by atoms with Gasteiger partial charge in [0.05, 0.1) is 6.54 Å². The molecule has 0 bridgehead atoms. The van der Waals surface area contributed by atoms with Crippen LogP contribution in [0.1, 0.15) is 57.1 Å². The predicted octanol–water partition coefficient (Wildman–Crippen LogP) is 1.86. The van der Waals surface area contributed by atoms with Crippen molar-refractivity contribution < 1.29 is 0 Å². The van der Waals surface area contributed by atoms with Crippen LogP contribution in [-0.4, -0.2) is 34.3 Å². The molecule has 1 aromatic rings. The highest BCUT2D eigenvalue weighted by atomic mass is 15.3. The lowest BCUT2D eigenvalue weighted by Crippen LogP contribution is -2.46. The molecule has 0 amide bonds. The molecule has 1 fully saturated rings. The Morgan fingerprint density at radius 1 is 1.23 bits per heavy atom. The van der Waals surface area contributed by atoms with Crippen molar-refractivity contribution in [3.63, 3.8) is 0 Å². The van der Waals surface area contributed by atoms with E-state index in [4.69, 9.17) is 0 Å². The molecule has 0 radical (unpaired) electrons. The minimum absolute atomic E-state index is 0.492. The van der Waals surface area contributed by atoms with Gasteiger partial charge >= 0.3 is 0 Å². The smallest absolute Gasteiger partial charge is 0.191 e. The van der Waals surface area contributed by atoms with Gasteiger partial charge in [0.25, 0.3) is 0 Å². The topological polar surface area (TPSA) is 67.1 Å². The molecule has 0 aromatic carbocycles. The van der Waals surface area contributed by atoms with Gasteiger partial charge in [-0.1, -0.05) is 13.3 Å². The van der Waals surface area contributed by atoms with Crippen LogP contribution < -0.4 is 10.6 Å². The summed E-state index contributed by atoms with van der Waals surface area (Å²) in [4.78, 5) is 4.33. The lowest BCUT2D eigenvalue weighted by atomic mass is 9.67. The second-order valence-electron chi connectivity index (χ2n) is 6.63. The number of aliphatic imine (C=N–C) groups is 1. The molecule has 0 unspecified atom stereocenters. The molecule has 22 heavy (non-hydrogen) atoms. The van der Waals surface area contributed by atoms with E-state index < -0.39 is 0 Å². The molecule has 2 N–H and O–H groups in total. The number of aryl methyl sites for hydroxylation is 1. The van der Waals surface area contributed by atoms with Gasteiger partial charge in [0.2, 0.25) is 0 Å². The SMILES string of the molecule is CCC1(CNC(=NC)NCc2nnc3n2CCCC3)CCC1. The molecule has 3 rings (SSSR count). The molecule has 1 aliphatic heterocycles. The van der Waals surface area contributed by atoms with Crippen molar-refractivity contribution in [1.29, 1.82) is 0 Å². The van der Waals surface area contributed by atoms with Gasteiger partial charge in [0, 0.05) is 26.6 Å². The third-order valence-electron chi connectivity index (χ3n) is 5.37. The third-order valence-corrected chi connectivity index (χ3v) is 5.37. The molecule has 1 aromatic heterocycles. The molecule has 0 saturated heterocycles. The fourth-order valence-electron chi connectivity index (χ4n) is 3.49. The predicted molar refractivity (Wildman–Crippen MR) is 87.7 cm³/mol. The van der Waals surface area contributed by atoms with Crippen LogP contribution in [0.25, 0.3) is 0 Å². The molecule has 2 aliphatic rings. The fourth-order valence-corrected chi connectivity index (χ4v) is 3.49. The van der Waals surface area contributed by atoms with Gasteiger partial charge in [-0.25, -0.2) is 0 Å². The number of nitrogens with one attached hydrogen (secondary N) is 2. The monoisotopic (exact) mass is 304 g/mol. The van der Waals surface area contributed by atoms with Crippen molar-refractivity contribution >= 4 is 5.96 Å². The van der Waals surface area contributed by atoms with Crippen molar-refractivity contribution in [2.75, 3.05) is 13.6 Å². The van der Waals surface area contributed by atoms with E-state index in [9.17, 15) is 0 Å². The minimum atomic E-state index is 0.492. The molecular weight excluding hydrogens is 276 g/mol. The molecule has 0 atom stereocenters. The highest BCUT2D eigenvalue weighted by Gasteiger charge is 2.34.